The maximum atomic E-state index is 12.4. The maximum absolute atomic E-state index is 12.4. The van der Waals surface area contributed by atoms with E-state index in [-0.39, 0.29) is 29.3 Å². The van der Waals surface area contributed by atoms with Gasteiger partial charge in [-0.15, -0.1) is 0 Å². The number of allylic oxidation sites excluding steroid dienone is 2. The molecule has 0 unspecified atom stereocenters. The van der Waals surface area contributed by atoms with Gasteiger partial charge in [0.1, 0.15) is 0 Å². The van der Waals surface area contributed by atoms with Crippen LogP contribution in [0.2, 0.25) is 0 Å². The zero-order valence-corrected chi connectivity index (χ0v) is 17.1. The number of non-ortho nitro benzene ring substituents is 1. The van der Waals surface area contributed by atoms with Gasteiger partial charge in [0.15, 0.2) is 11.2 Å². The summed E-state index contributed by atoms with van der Waals surface area (Å²) < 4.78 is 2.75. The Morgan fingerprint density at radius 3 is 2.80 bits per heavy atom. The number of benzene rings is 1. The summed E-state index contributed by atoms with van der Waals surface area (Å²) in [7, 11) is 1.49. The molecule has 0 amide bonds. The van der Waals surface area contributed by atoms with E-state index in [9.17, 15) is 19.7 Å². The molecule has 1 aromatic carbocycles. The Bertz CT molecular complexity index is 1310. The van der Waals surface area contributed by atoms with Crippen molar-refractivity contribution >= 4 is 40.1 Å². The third-order valence-corrected chi connectivity index (χ3v) is 4.51. The molecular formula is C18H18ClN7O4. The average Bonchev–Trinajstić information content (AvgIpc) is 3.08. The quantitative estimate of drug-likeness (QED) is 0.348. The predicted molar refractivity (Wildman–Crippen MR) is 114 cm³/mol. The summed E-state index contributed by atoms with van der Waals surface area (Å²) in [5.41, 5.74) is 2.90. The van der Waals surface area contributed by atoms with E-state index >= 15 is 0 Å². The molecule has 0 fully saturated rings. The van der Waals surface area contributed by atoms with Crippen molar-refractivity contribution in [1.82, 2.24) is 19.1 Å². The van der Waals surface area contributed by atoms with Crippen LogP contribution in [0.4, 0.5) is 11.6 Å². The zero-order valence-electron chi connectivity index (χ0n) is 16.3. The van der Waals surface area contributed by atoms with Gasteiger partial charge in [0.05, 0.1) is 10.6 Å². The number of nitro groups is 1. The predicted octanol–water partition coefficient (Wildman–Crippen LogP) is 2.31. The smallest absolute Gasteiger partial charge is 0.299 e. The van der Waals surface area contributed by atoms with Gasteiger partial charge in [-0.25, -0.2) is 10.2 Å². The minimum atomic E-state index is -0.593. The molecule has 2 heterocycles. The fourth-order valence-corrected chi connectivity index (χ4v) is 2.83. The van der Waals surface area contributed by atoms with Crippen molar-refractivity contribution in [3.8, 4) is 0 Å². The lowest BCUT2D eigenvalue weighted by Crippen LogP contribution is -2.29. The number of rotatable bonds is 6. The molecule has 0 saturated carbocycles. The molecule has 12 heteroatoms. The van der Waals surface area contributed by atoms with E-state index in [1.807, 2.05) is 0 Å². The fraction of sp³-hybridized carbons (Fsp3) is 0.222. The first kappa shape index (κ1) is 21.0. The number of aromatic amines is 1. The maximum Gasteiger partial charge on any atom is 0.329 e. The zero-order chi connectivity index (χ0) is 22.0. The lowest BCUT2D eigenvalue weighted by Gasteiger charge is -2.07. The molecule has 11 nitrogen and oxygen atoms in total. The molecule has 0 aliphatic heterocycles. The van der Waals surface area contributed by atoms with Gasteiger partial charge in [-0.2, -0.15) is 10.1 Å². The van der Waals surface area contributed by atoms with Crippen molar-refractivity contribution in [2.24, 2.45) is 12.1 Å². The van der Waals surface area contributed by atoms with Gasteiger partial charge in [0.2, 0.25) is 5.95 Å². The summed E-state index contributed by atoms with van der Waals surface area (Å²) in [5, 5.41) is 15.7. The number of aryl methyl sites for hydroxylation is 1. The highest BCUT2D eigenvalue weighted by Gasteiger charge is 2.17. The Kier molecular flexibility index (Phi) is 5.83. The largest absolute Gasteiger partial charge is 0.329 e. The number of nitro benzene ring substituents is 1. The lowest BCUT2D eigenvalue weighted by molar-refractivity contribution is -0.384. The van der Waals surface area contributed by atoms with Crippen LogP contribution in [0, 0.1) is 10.1 Å². The monoisotopic (exact) mass is 431 g/mol. The van der Waals surface area contributed by atoms with Crippen LogP contribution in [0.1, 0.15) is 19.4 Å². The third kappa shape index (κ3) is 4.15. The molecular weight excluding hydrogens is 414 g/mol. The van der Waals surface area contributed by atoms with Crippen LogP contribution in [0.3, 0.4) is 0 Å². The Balaban J connectivity index is 2.08. The highest BCUT2D eigenvalue weighted by atomic mass is 35.5. The molecule has 30 heavy (non-hydrogen) atoms. The van der Waals surface area contributed by atoms with E-state index in [1.165, 1.54) is 28.3 Å². The van der Waals surface area contributed by atoms with Crippen LogP contribution < -0.4 is 16.7 Å². The van der Waals surface area contributed by atoms with Crippen LogP contribution >= 0.6 is 11.6 Å². The number of fused-ring (bicyclic) bond motifs is 1. The van der Waals surface area contributed by atoms with Crippen molar-refractivity contribution in [3.05, 3.63) is 71.9 Å². The fourth-order valence-electron chi connectivity index (χ4n) is 2.76. The normalized spacial score (nSPS) is 12.4. The molecule has 0 spiro atoms. The lowest BCUT2D eigenvalue weighted by atomic mass is 10.1. The van der Waals surface area contributed by atoms with E-state index in [0.29, 0.717) is 16.3 Å². The number of imidazole rings is 1. The summed E-state index contributed by atoms with van der Waals surface area (Å²) >= 11 is 5.93. The highest BCUT2D eigenvalue weighted by Crippen LogP contribution is 2.18. The van der Waals surface area contributed by atoms with E-state index in [1.54, 1.807) is 32.1 Å². The van der Waals surface area contributed by atoms with Crippen molar-refractivity contribution in [1.29, 1.82) is 0 Å². The van der Waals surface area contributed by atoms with Crippen molar-refractivity contribution in [3.63, 3.8) is 0 Å². The van der Waals surface area contributed by atoms with Gasteiger partial charge in [-0.05, 0) is 13.8 Å². The Morgan fingerprint density at radius 2 is 2.13 bits per heavy atom. The average molecular weight is 432 g/mol. The first-order valence-corrected chi connectivity index (χ1v) is 9.13. The second kappa shape index (κ2) is 8.33. The minimum absolute atomic E-state index is 0.0569. The van der Waals surface area contributed by atoms with E-state index in [0.717, 1.165) is 0 Å². The number of halogens is 1. The topological polar surface area (TPSA) is 140 Å². The number of hydrazone groups is 1. The van der Waals surface area contributed by atoms with Gasteiger partial charge in [-0.3, -0.25) is 29.0 Å². The third-order valence-electron chi connectivity index (χ3n) is 4.36. The van der Waals surface area contributed by atoms with Crippen LogP contribution in [-0.4, -0.2) is 29.7 Å². The standard InChI is InChI=1S/C18H18ClN7O4/c1-10(19)7-8-25-14-15(24(3)18(28)21-16(14)27)20-17(25)23-22-11(2)12-5-4-6-13(9-12)26(29)30/h4-7,9H,8H2,1-3H3,(H,20,23)(H,21,27,28)/b10-7+,22-11+. The van der Waals surface area contributed by atoms with Crippen molar-refractivity contribution in [2.75, 3.05) is 5.43 Å². The van der Waals surface area contributed by atoms with Crippen LogP contribution in [-0.2, 0) is 13.6 Å². The first-order chi connectivity index (χ1) is 14.2. The van der Waals surface area contributed by atoms with Crippen LogP contribution in [0.15, 0.2) is 50.1 Å². The van der Waals surface area contributed by atoms with Gasteiger partial charge in [0, 0.05) is 36.3 Å². The van der Waals surface area contributed by atoms with Gasteiger partial charge < -0.3 is 0 Å². The molecule has 2 aromatic heterocycles. The SMILES string of the molecule is C/C(Cl)=C\Cn1c(N/N=C(\C)c2cccc([N+](=O)[O-])c2)nc2c1c(=O)[nH]c(=O)n2C. The summed E-state index contributed by atoms with van der Waals surface area (Å²) in [5.74, 6) is 0.204. The first-order valence-electron chi connectivity index (χ1n) is 8.76. The van der Waals surface area contributed by atoms with E-state index < -0.39 is 16.2 Å². The molecule has 0 aliphatic rings. The molecule has 0 saturated heterocycles. The molecule has 156 valence electrons. The number of H-pyrrole nitrogens is 1. The molecule has 2 N–H and O–H groups in total. The highest BCUT2D eigenvalue weighted by molar-refractivity contribution is 6.29. The number of aromatic nitrogens is 4. The van der Waals surface area contributed by atoms with Crippen molar-refractivity contribution < 1.29 is 4.92 Å². The molecule has 3 rings (SSSR count). The number of anilines is 1. The summed E-state index contributed by atoms with van der Waals surface area (Å²) in [6, 6.07) is 6.03. The summed E-state index contributed by atoms with van der Waals surface area (Å²) in [4.78, 5) is 41.3. The van der Waals surface area contributed by atoms with Crippen molar-refractivity contribution in [2.45, 2.75) is 20.4 Å². The Labute approximate surface area is 174 Å². The Morgan fingerprint density at radius 1 is 1.40 bits per heavy atom. The second-order valence-corrected chi connectivity index (χ2v) is 7.04. The molecule has 0 bridgehead atoms. The van der Waals surface area contributed by atoms with Gasteiger partial charge >= 0.3 is 5.69 Å². The van der Waals surface area contributed by atoms with Crippen LogP contribution in [0.25, 0.3) is 11.2 Å². The summed E-state index contributed by atoms with van der Waals surface area (Å²) in [6.45, 7) is 3.57. The second-order valence-electron chi connectivity index (χ2n) is 6.44. The molecule has 0 atom stereocenters. The van der Waals surface area contributed by atoms with Gasteiger partial charge in [0.25, 0.3) is 11.2 Å². The van der Waals surface area contributed by atoms with E-state index in [2.05, 4.69) is 20.5 Å². The van der Waals surface area contributed by atoms with E-state index in [4.69, 9.17) is 11.6 Å². The number of hydrogen-bond donors (Lipinski definition) is 2. The van der Waals surface area contributed by atoms with Gasteiger partial charge in [-0.1, -0.05) is 29.8 Å². The molecule has 0 radical (unpaired) electrons. The molecule has 3 aromatic rings. The number of nitrogens with one attached hydrogen (secondary N) is 2. The van der Waals surface area contributed by atoms with Crippen LogP contribution in [0.5, 0.6) is 0 Å². The molecule has 0 aliphatic carbocycles. The number of hydrogen-bond acceptors (Lipinski definition) is 7. The number of nitrogens with zero attached hydrogens (tertiary/aromatic N) is 5. The summed E-state index contributed by atoms with van der Waals surface area (Å²) in [6.07, 6.45) is 1.68. The Hall–Kier alpha value is -3.73. The minimum Gasteiger partial charge on any atom is -0.299 e.